The maximum Gasteiger partial charge on any atom is 0.0961 e. The Morgan fingerprint density at radius 3 is 2.42 bits per heavy atom. The normalized spacial score (nSPS) is 48.2. The molecule has 0 aliphatic heterocycles. The van der Waals surface area contributed by atoms with Crippen LogP contribution in [0.3, 0.4) is 0 Å². The van der Waals surface area contributed by atoms with E-state index in [1.165, 1.54) is 6.42 Å². The molecule has 2 N–H and O–H groups in total. The highest BCUT2D eigenvalue weighted by Crippen LogP contribution is 2.55. The van der Waals surface area contributed by atoms with Gasteiger partial charge in [-0.1, -0.05) is 13.3 Å². The topological polar surface area (TPSA) is 40.5 Å². The van der Waals surface area contributed by atoms with Gasteiger partial charge in [0.1, 0.15) is 0 Å². The lowest BCUT2D eigenvalue weighted by Gasteiger charge is -2.58. The monoisotopic (exact) mass is 170 g/mol. The average Bonchev–Trinajstić information content (AvgIpc) is 2.16. The van der Waals surface area contributed by atoms with Crippen LogP contribution in [0.25, 0.3) is 0 Å². The Labute approximate surface area is 73.6 Å². The molecule has 3 saturated carbocycles. The summed E-state index contributed by atoms with van der Waals surface area (Å²) in [6.45, 7) is 1.94. The predicted octanol–water partition coefficient (Wildman–Crippen LogP) is 1.31. The molecule has 3 aliphatic rings. The van der Waals surface area contributed by atoms with Crippen LogP contribution in [-0.2, 0) is 0 Å². The van der Waals surface area contributed by atoms with E-state index in [0.29, 0.717) is 18.3 Å². The van der Waals surface area contributed by atoms with Crippen molar-refractivity contribution in [2.24, 2.45) is 11.8 Å². The fourth-order valence-electron chi connectivity index (χ4n) is 3.07. The fraction of sp³-hybridized carbons (Fsp3) is 1.00. The second kappa shape index (κ2) is 2.71. The van der Waals surface area contributed by atoms with Crippen molar-refractivity contribution in [2.45, 2.75) is 50.7 Å². The molecular formula is C10H18O2. The molecule has 2 nitrogen and oxygen atoms in total. The maximum atomic E-state index is 10.2. The van der Waals surface area contributed by atoms with Gasteiger partial charge in [0.25, 0.3) is 0 Å². The molecule has 0 aromatic rings. The van der Waals surface area contributed by atoms with Crippen molar-refractivity contribution >= 4 is 0 Å². The molecule has 70 valence electrons. The molecule has 2 bridgehead atoms. The number of fused-ring (bicyclic) bond motifs is 2. The molecule has 0 saturated heterocycles. The van der Waals surface area contributed by atoms with Crippen LogP contribution in [0.5, 0.6) is 0 Å². The van der Waals surface area contributed by atoms with Gasteiger partial charge in [0.2, 0.25) is 0 Å². The van der Waals surface area contributed by atoms with E-state index in [1.807, 2.05) is 6.92 Å². The third kappa shape index (κ3) is 0.882. The Kier molecular flexibility index (Phi) is 1.92. The first-order valence-electron chi connectivity index (χ1n) is 5.10. The van der Waals surface area contributed by atoms with Crippen LogP contribution in [0.1, 0.15) is 39.0 Å². The van der Waals surface area contributed by atoms with Gasteiger partial charge in [0.05, 0.1) is 11.7 Å². The molecule has 3 aliphatic carbocycles. The molecular weight excluding hydrogens is 152 g/mol. The van der Waals surface area contributed by atoms with Crippen LogP contribution in [-0.4, -0.2) is 21.9 Å². The molecule has 0 aromatic carbocycles. The van der Waals surface area contributed by atoms with E-state index in [4.69, 9.17) is 0 Å². The van der Waals surface area contributed by atoms with Gasteiger partial charge in [-0.05, 0) is 37.5 Å². The van der Waals surface area contributed by atoms with Gasteiger partial charge in [-0.25, -0.2) is 0 Å². The van der Waals surface area contributed by atoms with E-state index in [9.17, 15) is 10.2 Å². The average molecular weight is 170 g/mol. The summed E-state index contributed by atoms with van der Waals surface area (Å²) < 4.78 is 0. The summed E-state index contributed by atoms with van der Waals surface area (Å²) in [7, 11) is 0. The lowest BCUT2D eigenvalue weighted by atomic mass is 9.52. The third-order valence-electron chi connectivity index (χ3n) is 3.90. The zero-order valence-corrected chi connectivity index (χ0v) is 7.66. The Hall–Kier alpha value is -0.0800. The second-order valence-electron chi connectivity index (χ2n) is 4.37. The van der Waals surface area contributed by atoms with Gasteiger partial charge in [-0.2, -0.15) is 0 Å². The Morgan fingerprint density at radius 2 is 2.00 bits per heavy atom. The number of hydrogen-bond acceptors (Lipinski definition) is 2. The van der Waals surface area contributed by atoms with Gasteiger partial charge in [0.15, 0.2) is 0 Å². The first-order valence-corrected chi connectivity index (χ1v) is 5.10. The molecule has 0 amide bonds. The second-order valence-corrected chi connectivity index (χ2v) is 4.37. The number of hydrogen-bond donors (Lipinski definition) is 2. The SMILES string of the molecule is CC[C@@H](O)C1(O)C2CCCC1C2. The Balaban J connectivity index is 2.11. The van der Waals surface area contributed by atoms with E-state index in [0.717, 1.165) is 19.3 Å². The maximum absolute atomic E-state index is 10.2. The summed E-state index contributed by atoms with van der Waals surface area (Å²) >= 11 is 0. The largest absolute Gasteiger partial charge is 0.390 e. The van der Waals surface area contributed by atoms with E-state index in [2.05, 4.69) is 0 Å². The molecule has 12 heavy (non-hydrogen) atoms. The van der Waals surface area contributed by atoms with Crippen molar-refractivity contribution in [3.05, 3.63) is 0 Å². The van der Waals surface area contributed by atoms with Gasteiger partial charge in [-0.3, -0.25) is 0 Å². The lowest BCUT2D eigenvalue weighted by molar-refractivity contribution is -0.232. The van der Waals surface area contributed by atoms with E-state index in [1.54, 1.807) is 0 Å². The van der Waals surface area contributed by atoms with Crippen LogP contribution >= 0.6 is 0 Å². The smallest absolute Gasteiger partial charge is 0.0961 e. The molecule has 3 fully saturated rings. The standard InChI is InChI=1S/C10H18O2/c1-2-9(11)10(12)7-4-3-5-8(10)6-7/h7-9,11-12H,2-6H2,1H3/t7?,8?,9-,10?/m1/s1. The van der Waals surface area contributed by atoms with Crippen molar-refractivity contribution in [1.29, 1.82) is 0 Å². The zero-order valence-electron chi connectivity index (χ0n) is 7.66. The van der Waals surface area contributed by atoms with Crippen molar-refractivity contribution in [2.75, 3.05) is 0 Å². The fourth-order valence-corrected chi connectivity index (χ4v) is 3.07. The first-order chi connectivity index (χ1) is 5.69. The number of rotatable bonds is 2. The van der Waals surface area contributed by atoms with Crippen LogP contribution in [0.4, 0.5) is 0 Å². The summed E-state index contributed by atoms with van der Waals surface area (Å²) in [6, 6.07) is 0. The van der Waals surface area contributed by atoms with Crippen LogP contribution < -0.4 is 0 Å². The van der Waals surface area contributed by atoms with Crippen LogP contribution in [0.15, 0.2) is 0 Å². The van der Waals surface area contributed by atoms with E-state index in [-0.39, 0.29) is 0 Å². The molecule has 0 heterocycles. The number of aliphatic hydroxyl groups is 2. The summed E-state index contributed by atoms with van der Waals surface area (Å²) in [6.07, 6.45) is 4.82. The summed E-state index contributed by atoms with van der Waals surface area (Å²) in [5.41, 5.74) is -0.701. The van der Waals surface area contributed by atoms with Gasteiger partial charge < -0.3 is 10.2 Å². The van der Waals surface area contributed by atoms with Crippen molar-refractivity contribution in [3.8, 4) is 0 Å². The molecule has 3 rings (SSSR count). The third-order valence-corrected chi connectivity index (χ3v) is 3.90. The Bertz CT molecular complexity index is 159. The van der Waals surface area contributed by atoms with Crippen molar-refractivity contribution in [3.63, 3.8) is 0 Å². The highest BCUT2D eigenvalue weighted by atomic mass is 16.3. The van der Waals surface area contributed by atoms with Crippen molar-refractivity contribution < 1.29 is 10.2 Å². The first kappa shape index (κ1) is 8.52. The highest BCUT2D eigenvalue weighted by Gasteiger charge is 2.58. The lowest BCUT2D eigenvalue weighted by Crippen LogP contribution is -2.64. The van der Waals surface area contributed by atoms with E-state index < -0.39 is 11.7 Å². The summed E-state index contributed by atoms with van der Waals surface area (Å²) in [4.78, 5) is 0. The molecule has 2 unspecified atom stereocenters. The molecule has 0 spiro atoms. The minimum Gasteiger partial charge on any atom is -0.390 e. The number of aliphatic hydroxyl groups excluding tert-OH is 1. The Morgan fingerprint density at radius 1 is 1.42 bits per heavy atom. The zero-order chi connectivity index (χ0) is 8.77. The molecule has 0 aromatic heterocycles. The van der Waals surface area contributed by atoms with Gasteiger partial charge >= 0.3 is 0 Å². The summed E-state index contributed by atoms with van der Waals surface area (Å²) in [5.74, 6) is 0.789. The van der Waals surface area contributed by atoms with Crippen LogP contribution in [0, 0.1) is 11.8 Å². The summed E-state index contributed by atoms with van der Waals surface area (Å²) in [5, 5.41) is 19.9. The minimum atomic E-state index is -0.701. The molecule has 3 atom stereocenters. The molecule has 2 heteroatoms. The highest BCUT2D eigenvalue weighted by molar-refractivity contribution is 5.09. The van der Waals surface area contributed by atoms with E-state index >= 15 is 0 Å². The van der Waals surface area contributed by atoms with Crippen molar-refractivity contribution in [1.82, 2.24) is 0 Å². The van der Waals surface area contributed by atoms with Crippen LogP contribution in [0.2, 0.25) is 0 Å². The quantitative estimate of drug-likeness (QED) is 0.656. The van der Waals surface area contributed by atoms with Gasteiger partial charge in [0, 0.05) is 0 Å². The predicted molar refractivity (Wildman–Crippen MR) is 46.7 cm³/mol. The van der Waals surface area contributed by atoms with Gasteiger partial charge in [-0.15, -0.1) is 0 Å². The minimum absolute atomic E-state index is 0.395. The molecule has 0 radical (unpaired) electrons.